The summed E-state index contributed by atoms with van der Waals surface area (Å²) in [6.45, 7) is 3.78. The number of aliphatic hydroxyl groups excluding tert-OH is 1. The summed E-state index contributed by atoms with van der Waals surface area (Å²) < 4.78 is 10.3. The number of rotatable bonds is 5. The van der Waals surface area contributed by atoms with Crippen molar-refractivity contribution in [3.63, 3.8) is 0 Å². The van der Waals surface area contributed by atoms with Crippen molar-refractivity contribution in [2.75, 3.05) is 0 Å². The van der Waals surface area contributed by atoms with Crippen LogP contribution in [0.2, 0.25) is 0 Å². The van der Waals surface area contributed by atoms with Gasteiger partial charge in [-0.3, -0.25) is 14.4 Å². The summed E-state index contributed by atoms with van der Waals surface area (Å²) in [6, 6.07) is 6.30. The molecule has 2 aliphatic rings. The van der Waals surface area contributed by atoms with Crippen molar-refractivity contribution < 1.29 is 29.0 Å². The van der Waals surface area contributed by atoms with E-state index in [0.717, 1.165) is 0 Å². The van der Waals surface area contributed by atoms with Crippen molar-refractivity contribution in [3.05, 3.63) is 41.6 Å². The third-order valence-corrected chi connectivity index (χ3v) is 3.92. The largest absolute Gasteiger partial charge is 0.426 e. The second-order valence-corrected chi connectivity index (χ2v) is 6.49. The van der Waals surface area contributed by atoms with Crippen molar-refractivity contribution in [3.8, 4) is 5.75 Å². The number of carbonyl (C=O) groups is 3. The normalized spacial score (nSPS) is 24.4. The number of para-hydroxylation sites is 1. The summed E-state index contributed by atoms with van der Waals surface area (Å²) in [6.07, 6.45) is -0.882. The number of nitrogens with one attached hydrogen (secondary N) is 1. The molecule has 7 nitrogen and oxygen atoms in total. The van der Waals surface area contributed by atoms with Gasteiger partial charge >= 0.3 is 5.97 Å². The average Bonchev–Trinajstić information content (AvgIpc) is 3.33. The maximum atomic E-state index is 12.5. The quantitative estimate of drug-likeness (QED) is 0.468. The van der Waals surface area contributed by atoms with Gasteiger partial charge in [0.2, 0.25) is 0 Å². The van der Waals surface area contributed by atoms with E-state index < -0.39 is 30.2 Å². The molecular formula is C18H19NO6. The third kappa shape index (κ3) is 3.78. The van der Waals surface area contributed by atoms with E-state index in [9.17, 15) is 19.5 Å². The van der Waals surface area contributed by atoms with Gasteiger partial charge in [-0.25, -0.2) is 0 Å². The molecule has 25 heavy (non-hydrogen) atoms. The van der Waals surface area contributed by atoms with Gasteiger partial charge in [0.15, 0.2) is 5.78 Å². The van der Waals surface area contributed by atoms with E-state index in [-0.39, 0.29) is 35.1 Å². The molecule has 3 rings (SSSR count). The Morgan fingerprint density at radius 1 is 1.32 bits per heavy atom. The van der Waals surface area contributed by atoms with E-state index >= 15 is 0 Å². The van der Waals surface area contributed by atoms with Gasteiger partial charge in [0.25, 0.3) is 5.91 Å². The Kier molecular flexibility index (Phi) is 4.69. The van der Waals surface area contributed by atoms with Crippen LogP contribution < -0.4 is 10.1 Å². The molecule has 1 heterocycles. The second kappa shape index (κ2) is 6.78. The molecule has 1 aromatic rings. The van der Waals surface area contributed by atoms with Crippen molar-refractivity contribution in [2.45, 2.75) is 38.6 Å². The van der Waals surface area contributed by atoms with E-state index in [4.69, 9.17) is 9.47 Å². The number of aliphatic hydroxyl groups is 1. The van der Waals surface area contributed by atoms with Crippen LogP contribution in [0, 0.1) is 5.92 Å². The van der Waals surface area contributed by atoms with Gasteiger partial charge in [-0.1, -0.05) is 26.0 Å². The smallest absolute Gasteiger partial charge is 0.311 e. The Hall–Kier alpha value is -2.51. The number of hydrogen-bond donors (Lipinski definition) is 2. The number of amides is 1. The molecule has 3 atom stereocenters. The number of hydrogen-bond acceptors (Lipinski definition) is 6. The molecule has 0 aromatic heterocycles. The van der Waals surface area contributed by atoms with Crippen LogP contribution in [0.1, 0.15) is 30.6 Å². The molecule has 3 unspecified atom stereocenters. The minimum atomic E-state index is -1.07. The van der Waals surface area contributed by atoms with Gasteiger partial charge in [-0.2, -0.15) is 0 Å². The molecule has 0 bridgehead atoms. The Bertz CT molecular complexity index is 754. The lowest BCUT2D eigenvalue weighted by molar-refractivity contribution is -0.135. The van der Waals surface area contributed by atoms with Gasteiger partial charge in [-0.05, 0) is 18.1 Å². The van der Waals surface area contributed by atoms with E-state index in [1.807, 2.05) is 13.8 Å². The Morgan fingerprint density at radius 3 is 2.76 bits per heavy atom. The summed E-state index contributed by atoms with van der Waals surface area (Å²) in [5.74, 6) is -1.04. The minimum absolute atomic E-state index is 0.0806. The number of epoxide rings is 1. The van der Waals surface area contributed by atoms with Crippen LogP contribution in [0.4, 0.5) is 0 Å². The number of esters is 1. The zero-order chi connectivity index (χ0) is 18.1. The number of ether oxygens (including phenoxy) is 2. The molecule has 1 saturated heterocycles. The van der Waals surface area contributed by atoms with Gasteiger partial charge in [-0.15, -0.1) is 0 Å². The highest BCUT2D eigenvalue weighted by Crippen LogP contribution is 2.33. The van der Waals surface area contributed by atoms with E-state index in [1.165, 1.54) is 18.2 Å². The number of ketones is 1. The Labute approximate surface area is 144 Å². The lowest BCUT2D eigenvalue weighted by Gasteiger charge is -2.18. The van der Waals surface area contributed by atoms with Crippen LogP contribution in [-0.2, 0) is 14.3 Å². The van der Waals surface area contributed by atoms with Gasteiger partial charge in [0, 0.05) is 12.5 Å². The molecule has 7 heteroatoms. The van der Waals surface area contributed by atoms with Crippen molar-refractivity contribution in [1.82, 2.24) is 5.32 Å². The van der Waals surface area contributed by atoms with Crippen molar-refractivity contribution in [1.29, 1.82) is 0 Å². The standard InChI is InChI=1S/C18H19NO6/c1-9(2)7-14(21)24-13-6-4-3-5-10(13)18(23)19-11-8-12(20)16-17(25-16)15(11)22/h3-6,8-9,15-17,22H,7H2,1-2H3,(H,19,23). The highest BCUT2D eigenvalue weighted by Gasteiger charge is 2.53. The first kappa shape index (κ1) is 17.3. The second-order valence-electron chi connectivity index (χ2n) is 6.49. The Balaban J connectivity index is 1.74. The SMILES string of the molecule is CC(C)CC(=O)Oc1ccccc1C(=O)NC1=CC(=O)C2OC2C1O. The van der Waals surface area contributed by atoms with E-state index in [2.05, 4.69) is 5.32 Å². The first-order valence-electron chi connectivity index (χ1n) is 8.07. The highest BCUT2D eigenvalue weighted by molar-refractivity contribution is 6.02. The van der Waals surface area contributed by atoms with Crippen LogP contribution >= 0.6 is 0 Å². The summed E-state index contributed by atoms with van der Waals surface area (Å²) >= 11 is 0. The first-order chi connectivity index (χ1) is 11.9. The molecular weight excluding hydrogens is 326 g/mol. The summed E-state index contributed by atoms with van der Waals surface area (Å²) in [7, 11) is 0. The summed E-state index contributed by atoms with van der Waals surface area (Å²) in [5.41, 5.74) is 0.219. The van der Waals surface area contributed by atoms with Crippen molar-refractivity contribution in [2.24, 2.45) is 5.92 Å². The molecule has 2 N–H and O–H groups in total. The number of benzene rings is 1. The van der Waals surface area contributed by atoms with Crippen LogP contribution in [-0.4, -0.2) is 41.1 Å². The average molecular weight is 345 g/mol. The van der Waals surface area contributed by atoms with E-state index in [1.54, 1.807) is 12.1 Å². The van der Waals surface area contributed by atoms with E-state index in [0.29, 0.717) is 0 Å². The van der Waals surface area contributed by atoms with Crippen LogP contribution in [0.15, 0.2) is 36.0 Å². The molecule has 1 aromatic carbocycles. The van der Waals surface area contributed by atoms with Gasteiger partial charge in [0.05, 0.1) is 11.3 Å². The van der Waals surface area contributed by atoms with Crippen LogP contribution in [0.3, 0.4) is 0 Å². The van der Waals surface area contributed by atoms with Crippen molar-refractivity contribution >= 4 is 17.7 Å². The minimum Gasteiger partial charge on any atom is -0.426 e. The molecule has 1 fully saturated rings. The zero-order valence-electron chi connectivity index (χ0n) is 13.9. The fraction of sp³-hybridized carbons (Fsp3) is 0.389. The topological polar surface area (TPSA) is 105 Å². The summed E-state index contributed by atoms with van der Waals surface area (Å²) in [5, 5.41) is 12.6. The first-order valence-corrected chi connectivity index (χ1v) is 8.07. The predicted octanol–water partition coefficient (Wildman–Crippen LogP) is 0.963. The van der Waals surface area contributed by atoms with Crippen LogP contribution in [0.25, 0.3) is 0 Å². The van der Waals surface area contributed by atoms with Gasteiger partial charge in [0.1, 0.15) is 24.1 Å². The molecule has 0 spiro atoms. The van der Waals surface area contributed by atoms with Gasteiger partial charge < -0.3 is 19.9 Å². The molecule has 0 radical (unpaired) electrons. The third-order valence-electron chi connectivity index (χ3n) is 3.92. The molecule has 0 saturated carbocycles. The number of carbonyl (C=O) groups excluding carboxylic acids is 3. The molecule has 1 aliphatic carbocycles. The molecule has 1 amide bonds. The lowest BCUT2D eigenvalue weighted by atomic mass is 10.0. The fourth-order valence-electron chi connectivity index (χ4n) is 2.64. The summed E-state index contributed by atoms with van der Waals surface area (Å²) in [4.78, 5) is 36.1. The molecule has 1 aliphatic heterocycles. The monoisotopic (exact) mass is 345 g/mol. The predicted molar refractivity (Wildman–Crippen MR) is 86.8 cm³/mol. The maximum absolute atomic E-state index is 12.5. The zero-order valence-corrected chi connectivity index (χ0v) is 13.9. The lowest BCUT2D eigenvalue weighted by Crippen LogP contribution is -2.37. The fourth-order valence-corrected chi connectivity index (χ4v) is 2.64. The highest BCUT2D eigenvalue weighted by atomic mass is 16.6. The van der Waals surface area contributed by atoms with Crippen LogP contribution in [0.5, 0.6) is 5.75 Å². The molecule has 132 valence electrons. The Morgan fingerprint density at radius 2 is 2.04 bits per heavy atom. The number of fused-ring (bicyclic) bond motifs is 1. The maximum Gasteiger partial charge on any atom is 0.311 e.